The van der Waals surface area contributed by atoms with Crippen LogP contribution in [0.1, 0.15) is 26.2 Å². The third-order valence-corrected chi connectivity index (χ3v) is 2.21. The predicted molar refractivity (Wildman–Crippen MR) is 71.6 cm³/mol. The van der Waals surface area contributed by atoms with Gasteiger partial charge in [-0.15, -0.1) is 0 Å². The molecule has 1 amide bonds. The van der Waals surface area contributed by atoms with E-state index < -0.39 is 30.7 Å². The Bertz CT molecular complexity index is 405. The standard InChI is InChI=1S/C13H19NO7/c1-3-7-20-13(19)14-10(5-4-6-11(16)17)12(18)21-8-9(2)15/h3,10H,1,4-8H2,2H3,(H,14,19)(H,16,17). The molecule has 0 aliphatic heterocycles. The van der Waals surface area contributed by atoms with E-state index in [2.05, 4.69) is 16.6 Å². The first-order valence-electron chi connectivity index (χ1n) is 6.28. The van der Waals surface area contributed by atoms with Gasteiger partial charge in [0, 0.05) is 6.42 Å². The second kappa shape index (κ2) is 10.4. The average molecular weight is 301 g/mol. The Labute approximate surface area is 122 Å². The smallest absolute Gasteiger partial charge is 0.408 e. The Morgan fingerprint density at radius 3 is 2.48 bits per heavy atom. The molecule has 0 saturated heterocycles. The maximum atomic E-state index is 11.7. The molecular formula is C13H19NO7. The molecule has 8 nitrogen and oxygen atoms in total. The summed E-state index contributed by atoms with van der Waals surface area (Å²) in [5, 5.41) is 10.8. The van der Waals surface area contributed by atoms with Gasteiger partial charge in [0.05, 0.1) is 0 Å². The lowest BCUT2D eigenvalue weighted by molar-refractivity contribution is -0.150. The Hall–Kier alpha value is -2.38. The number of carboxylic acid groups (broad SMARTS) is 1. The normalized spacial score (nSPS) is 11.1. The molecule has 0 aromatic rings. The number of ether oxygens (including phenoxy) is 2. The summed E-state index contributed by atoms with van der Waals surface area (Å²) in [6.45, 7) is 4.18. The first-order chi connectivity index (χ1) is 9.86. The van der Waals surface area contributed by atoms with Gasteiger partial charge in [0.25, 0.3) is 0 Å². The van der Waals surface area contributed by atoms with Gasteiger partial charge in [0.1, 0.15) is 19.3 Å². The van der Waals surface area contributed by atoms with Crippen molar-refractivity contribution in [3.8, 4) is 0 Å². The molecule has 0 aliphatic carbocycles. The van der Waals surface area contributed by atoms with Crippen LogP contribution in [0.2, 0.25) is 0 Å². The van der Waals surface area contributed by atoms with Crippen molar-refractivity contribution in [2.45, 2.75) is 32.2 Å². The van der Waals surface area contributed by atoms with Crippen molar-refractivity contribution in [3.05, 3.63) is 12.7 Å². The topological polar surface area (TPSA) is 119 Å². The number of aliphatic carboxylic acids is 1. The summed E-state index contributed by atoms with van der Waals surface area (Å²) in [7, 11) is 0. The zero-order chi connectivity index (χ0) is 16.3. The van der Waals surface area contributed by atoms with Gasteiger partial charge in [-0.3, -0.25) is 9.59 Å². The number of Topliss-reactive ketones (excluding diaryl/α,β-unsaturated/α-hetero) is 1. The van der Waals surface area contributed by atoms with Gasteiger partial charge >= 0.3 is 18.0 Å². The molecule has 2 N–H and O–H groups in total. The lowest BCUT2D eigenvalue weighted by Gasteiger charge is -2.16. The van der Waals surface area contributed by atoms with Crippen molar-refractivity contribution < 1.29 is 33.8 Å². The monoisotopic (exact) mass is 301 g/mol. The Balaban J connectivity index is 4.47. The zero-order valence-corrected chi connectivity index (χ0v) is 11.8. The highest BCUT2D eigenvalue weighted by Crippen LogP contribution is 2.04. The van der Waals surface area contributed by atoms with Gasteiger partial charge in [-0.1, -0.05) is 12.7 Å². The molecule has 0 radical (unpaired) electrons. The fourth-order valence-corrected chi connectivity index (χ4v) is 1.30. The van der Waals surface area contributed by atoms with E-state index >= 15 is 0 Å². The van der Waals surface area contributed by atoms with Crippen LogP contribution in [0.25, 0.3) is 0 Å². The Kier molecular flexibility index (Phi) is 9.23. The van der Waals surface area contributed by atoms with Crippen LogP contribution in [-0.2, 0) is 23.9 Å². The molecule has 1 atom stereocenters. The summed E-state index contributed by atoms with van der Waals surface area (Å²) >= 11 is 0. The number of nitrogens with one attached hydrogen (secondary N) is 1. The number of hydrogen-bond donors (Lipinski definition) is 2. The third kappa shape index (κ3) is 10.1. The van der Waals surface area contributed by atoms with Crippen molar-refractivity contribution in [1.29, 1.82) is 0 Å². The molecule has 1 unspecified atom stereocenters. The van der Waals surface area contributed by atoms with Crippen molar-refractivity contribution in [1.82, 2.24) is 5.32 Å². The van der Waals surface area contributed by atoms with E-state index in [4.69, 9.17) is 9.84 Å². The second-order valence-corrected chi connectivity index (χ2v) is 4.18. The number of alkyl carbamates (subject to hydrolysis) is 1. The number of carboxylic acids is 1. The van der Waals surface area contributed by atoms with Crippen LogP contribution in [0.5, 0.6) is 0 Å². The number of hydrogen-bond acceptors (Lipinski definition) is 6. The number of carbonyl (C=O) groups excluding carboxylic acids is 3. The molecule has 0 fully saturated rings. The number of ketones is 1. The fraction of sp³-hybridized carbons (Fsp3) is 0.538. The number of esters is 1. The lowest BCUT2D eigenvalue weighted by atomic mass is 10.1. The minimum Gasteiger partial charge on any atom is -0.481 e. The highest BCUT2D eigenvalue weighted by Gasteiger charge is 2.23. The number of carbonyl (C=O) groups is 4. The van der Waals surface area contributed by atoms with Crippen LogP contribution in [0.3, 0.4) is 0 Å². The summed E-state index contributed by atoms with van der Waals surface area (Å²) < 4.78 is 9.37. The van der Waals surface area contributed by atoms with Crippen LogP contribution < -0.4 is 5.32 Å². The fourth-order valence-electron chi connectivity index (χ4n) is 1.30. The second-order valence-electron chi connectivity index (χ2n) is 4.18. The van der Waals surface area contributed by atoms with Gasteiger partial charge in [0.15, 0.2) is 5.78 Å². The maximum absolute atomic E-state index is 11.7. The Morgan fingerprint density at radius 1 is 1.29 bits per heavy atom. The molecule has 0 bridgehead atoms. The van der Waals surface area contributed by atoms with Gasteiger partial charge in [-0.2, -0.15) is 0 Å². The third-order valence-electron chi connectivity index (χ3n) is 2.21. The van der Waals surface area contributed by atoms with E-state index in [1.165, 1.54) is 13.0 Å². The van der Waals surface area contributed by atoms with Gasteiger partial charge in [-0.25, -0.2) is 9.59 Å². The summed E-state index contributed by atoms with van der Waals surface area (Å²) in [5.74, 6) is -2.17. The SMILES string of the molecule is C=CCOC(=O)NC(CCCC(=O)O)C(=O)OCC(C)=O. The average Bonchev–Trinajstić information content (AvgIpc) is 2.40. The van der Waals surface area contributed by atoms with Gasteiger partial charge < -0.3 is 19.9 Å². The summed E-state index contributed by atoms with van der Waals surface area (Å²) in [6.07, 6.45) is 0.575. The van der Waals surface area contributed by atoms with E-state index in [0.717, 1.165) is 0 Å². The van der Waals surface area contributed by atoms with E-state index in [0.29, 0.717) is 0 Å². The maximum Gasteiger partial charge on any atom is 0.408 e. The van der Waals surface area contributed by atoms with E-state index in [1.54, 1.807) is 0 Å². The van der Waals surface area contributed by atoms with Crippen LogP contribution >= 0.6 is 0 Å². The van der Waals surface area contributed by atoms with Gasteiger partial charge in [-0.05, 0) is 19.8 Å². The summed E-state index contributed by atoms with van der Waals surface area (Å²) in [4.78, 5) is 44.3. The molecule has 0 heterocycles. The van der Waals surface area contributed by atoms with Crippen LogP contribution in [0.4, 0.5) is 4.79 Å². The molecular weight excluding hydrogens is 282 g/mol. The molecule has 0 aliphatic rings. The van der Waals surface area contributed by atoms with Crippen LogP contribution in [0.15, 0.2) is 12.7 Å². The van der Waals surface area contributed by atoms with Crippen molar-refractivity contribution in [2.24, 2.45) is 0 Å². The predicted octanol–water partition coefficient (Wildman–Crippen LogP) is 0.654. The molecule has 0 saturated carbocycles. The van der Waals surface area contributed by atoms with Gasteiger partial charge in [0.2, 0.25) is 0 Å². The van der Waals surface area contributed by atoms with E-state index in [9.17, 15) is 19.2 Å². The molecule has 0 aromatic carbocycles. The Morgan fingerprint density at radius 2 is 1.95 bits per heavy atom. The number of rotatable bonds is 10. The largest absolute Gasteiger partial charge is 0.481 e. The zero-order valence-electron chi connectivity index (χ0n) is 11.8. The molecule has 8 heteroatoms. The van der Waals surface area contributed by atoms with E-state index in [-0.39, 0.29) is 31.7 Å². The molecule has 21 heavy (non-hydrogen) atoms. The molecule has 0 rings (SSSR count). The van der Waals surface area contributed by atoms with Crippen LogP contribution in [-0.4, -0.2) is 48.2 Å². The first-order valence-corrected chi connectivity index (χ1v) is 6.28. The minimum atomic E-state index is -1.07. The minimum absolute atomic E-state index is 0.0316. The van der Waals surface area contributed by atoms with E-state index in [1.807, 2.05) is 0 Å². The van der Waals surface area contributed by atoms with Crippen molar-refractivity contribution in [3.63, 3.8) is 0 Å². The first kappa shape index (κ1) is 18.6. The molecule has 0 aromatic heterocycles. The summed E-state index contributed by atoms with van der Waals surface area (Å²) in [6, 6.07) is -1.07. The highest BCUT2D eigenvalue weighted by atomic mass is 16.6. The highest BCUT2D eigenvalue weighted by molar-refractivity contribution is 5.84. The summed E-state index contributed by atoms with van der Waals surface area (Å²) in [5.41, 5.74) is 0. The van der Waals surface area contributed by atoms with Crippen LogP contribution in [0, 0.1) is 0 Å². The molecule has 0 spiro atoms. The number of amides is 1. The lowest BCUT2D eigenvalue weighted by Crippen LogP contribution is -2.42. The molecule has 118 valence electrons. The quantitative estimate of drug-likeness (QED) is 0.449. The van der Waals surface area contributed by atoms with Crippen molar-refractivity contribution in [2.75, 3.05) is 13.2 Å². The van der Waals surface area contributed by atoms with Crippen molar-refractivity contribution >= 4 is 23.8 Å².